The van der Waals surface area contributed by atoms with Crippen molar-refractivity contribution in [1.29, 1.82) is 0 Å². The first-order valence-corrected chi connectivity index (χ1v) is 5.57. The Morgan fingerprint density at radius 2 is 2.12 bits per heavy atom. The van der Waals surface area contributed by atoms with E-state index < -0.39 is 11.7 Å². The molecule has 0 atom stereocenters. The maximum absolute atomic E-state index is 11.6. The number of anilines is 1. The number of amides is 1. The molecule has 84 valence electrons. The van der Waals surface area contributed by atoms with E-state index in [9.17, 15) is 9.59 Å². The van der Waals surface area contributed by atoms with Crippen molar-refractivity contribution in [2.45, 2.75) is 32.6 Å². The van der Waals surface area contributed by atoms with E-state index in [1.807, 2.05) is 6.07 Å². The van der Waals surface area contributed by atoms with Crippen LogP contribution in [0, 0.1) is 0 Å². The van der Waals surface area contributed by atoms with Crippen molar-refractivity contribution in [3.63, 3.8) is 0 Å². The van der Waals surface area contributed by atoms with Crippen LogP contribution in [0.4, 0.5) is 5.82 Å². The number of ketones is 1. The molecule has 2 rings (SSSR count). The third-order valence-corrected chi connectivity index (χ3v) is 2.75. The highest BCUT2D eigenvalue weighted by Crippen LogP contribution is 2.25. The number of aryl methyl sites for hydroxylation is 1. The van der Waals surface area contributed by atoms with Crippen LogP contribution >= 0.6 is 0 Å². The van der Waals surface area contributed by atoms with Gasteiger partial charge in [-0.1, -0.05) is 19.8 Å². The maximum atomic E-state index is 11.6. The SMILES string of the molecule is CCCCCc1ccnc2c1C(=O)C(=O)N2. The van der Waals surface area contributed by atoms with Gasteiger partial charge in [-0.3, -0.25) is 9.59 Å². The normalized spacial score (nSPS) is 13.8. The minimum Gasteiger partial charge on any atom is -0.303 e. The van der Waals surface area contributed by atoms with Crippen LogP contribution < -0.4 is 5.32 Å². The number of carbonyl (C=O) groups is 2. The fourth-order valence-electron chi connectivity index (χ4n) is 1.90. The van der Waals surface area contributed by atoms with E-state index in [1.54, 1.807) is 6.20 Å². The summed E-state index contributed by atoms with van der Waals surface area (Å²) in [6.45, 7) is 2.13. The van der Waals surface area contributed by atoms with Crippen LogP contribution in [0.15, 0.2) is 12.3 Å². The second-order valence-electron chi connectivity index (χ2n) is 3.93. The number of rotatable bonds is 4. The Labute approximate surface area is 94.1 Å². The van der Waals surface area contributed by atoms with Gasteiger partial charge in [0.2, 0.25) is 0 Å². The lowest BCUT2D eigenvalue weighted by Crippen LogP contribution is -2.13. The lowest BCUT2D eigenvalue weighted by atomic mass is 10.0. The number of aromatic nitrogens is 1. The molecule has 1 aromatic rings. The zero-order chi connectivity index (χ0) is 11.5. The summed E-state index contributed by atoms with van der Waals surface area (Å²) in [4.78, 5) is 26.8. The van der Waals surface area contributed by atoms with Crippen molar-refractivity contribution in [3.8, 4) is 0 Å². The van der Waals surface area contributed by atoms with Gasteiger partial charge in [-0.05, 0) is 24.5 Å². The monoisotopic (exact) mass is 218 g/mol. The van der Waals surface area contributed by atoms with Crippen molar-refractivity contribution in [1.82, 2.24) is 4.98 Å². The van der Waals surface area contributed by atoms with Crippen molar-refractivity contribution in [3.05, 3.63) is 23.4 Å². The minimum absolute atomic E-state index is 0.420. The summed E-state index contributed by atoms with van der Waals surface area (Å²) in [7, 11) is 0. The lowest BCUT2D eigenvalue weighted by Gasteiger charge is -2.04. The summed E-state index contributed by atoms with van der Waals surface area (Å²) >= 11 is 0. The Morgan fingerprint density at radius 3 is 2.88 bits per heavy atom. The van der Waals surface area contributed by atoms with Gasteiger partial charge in [0, 0.05) is 6.20 Å². The van der Waals surface area contributed by atoms with Gasteiger partial charge in [0.15, 0.2) is 0 Å². The Balaban J connectivity index is 2.24. The predicted octanol–water partition coefficient (Wildman–Crippen LogP) is 1.95. The third-order valence-electron chi connectivity index (χ3n) is 2.75. The molecule has 0 unspecified atom stereocenters. The second-order valence-corrected chi connectivity index (χ2v) is 3.93. The van der Waals surface area contributed by atoms with E-state index in [-0.39, 0.29) is 0 Å². The van der Waals surface area contributed by atoms with E-state index in [0.717, 1.165) is 31.2 Å². The van der Waals surface area contributed by atoms with Crippen molar-refractivity contribution >= 4 is 17.5 Å². The molecule has 1 aliphatic heterocycles. The Bertz CT molecular complexity index is 441. The molecule has 0 saturated heterocycles. The first-order chi connectivity index (χ1) is 7.74. The van der Waals surface area contributed by atoms with Crippen molar-refractivity contribution in [2.75, 3.05) is 5.32 Å². The van der Waals surface area contributed by atoms with Gasteiger partial charge in [0.05, 0.1) is 5.56 Å². The Hall–Kier alpha value is -1.71. The highest BCUT2D eigenvalue weighted by molar-refractivity contribution is 6.51. The van der Waals surface area contributed by atoms with E-state index in [4.69, 9.17) is 0 Å². The number of nitrogens with one attached hydrogen (secondary N) is 1. The lowest BCUT2D eigenvalue weighted by molar-refractivity contribution is -0.112. The summed E-state index contributed by atoms with van der Waals surface area (Å²) in [5.41, 5.74) is 1.41. The van der Waals surface area contributed by atoms with E-state index >= 15 is 0 Å². The molecule has 0 radical (unpaired) electrons. The van der Waals surface area contributed by atoms with Gasteiger partial charge in [-0.25, -0.2) is 4.98 Å². The Kier molecular flexibility index (Phi) is 2.99. The van der Waals surface area contributed by atoms with Crippen LogP contribution in [-0.2, 0) is 11.2 Å². The van der Waals surface area contributed by atoms with E-state index in [0.29, 0.717) is 11.4 Å². The van der Waals surface area contributed by atoms with Gasteiger partial charge in [0.25, 0.3) is 11.7 Å². The van der Waals surface area contributed by atoms with Gasteiger partial charge < -0.3 is 5.32 Å². The molecule has 0 aliphatic carbocycles. The highest BCUT2D eigenvalue weighted by atomic mass is 16.2. The molecule has 4 nitrogen and oxygen atoms in total. The molecule has 0 bridgehead atoms. The fraction of sp³-hybridized carbons (Fsp3) is 0.417. The molecular weight excluding hydrogens is 204 g/mol. The average molecular weight is 218 g/mol. The fourth-order valence-corrected chi connectivity index (χ4v) is 1.90. The first-order valence-electron chi connectivity index (χ1n) is 5.57. The molecule has 1 amide bonds. The van der Waals surface area contributed by atoms with Gasteiger partial charge in [-0.2, -0.15) is 0 Å². The number of hydrogen-bond donors (Lipinski definition) is 1. The summed E-state index contributed by atoms with van der Waals surface area (Å²) < 4.78 is 0. The molecule has 16 heavy (non-hydrogen) atoms. The first kappa shape index (κ1) is 10.8. The number of carbonyl (C=O) groups excluding carboxylic acids is 2. The quantitative estimate of drug-likeness (QED) is 0.620. The van der Waals surface area contributed by atoms with E-state index in [1.165, 1.54) is 0 Å². The van der Waals surface area contributed by atoms with Crippen LogP contribution in [0.25, 0.3) is 0 Å². The predicted molar refractivity (Wildman–Crippen MR) is 60.4 cm³/mol. The van der Waals surface area contributed by atoms with Crippen LogP contribution in [0.3, 0.4) is 0 Å². The number of nitrogens with zero attached hydrogens (tertiary/aromatic N) is 1. The topological polar surface area (TPSA) is 59.1 Å². The number of unbranched alkanes of at least 4 members (excludes halogenated alkanes) is 2. The summed E-state index contributed by atoms with van der Waals surface area (Å²) in [5, 5.41) is 2.48. The molecule has 0 saturated carbocycles. The van der Waals surface area contributed by atoms with Crippen LogP contribution in [0.2, 0.25) is 0 Å². The summed E-state index contributed by atoms with van der Waals surface area (Å²) in [6.07, 6.45) is 5.78. The van der Waals surface area contributed by atoms with E-state index in [2.05, 4.69) is 17.2 Å². The molecule has 1 aliphatic rings. The number of hydrogen-bond acceptors (Lipinski definition) is 3. The van der Waals surface area contributed by atoms with Gasteiger partial charge in [-0.15, -0.1) is 0 Å². The van der Waals surface area contributed by atoms with Crippen molar-refractivity contribution in [2.24, 2.45) is 0 Å². The second kappa shape index (κ2) is 4.43. The molecule has 1 N–H and O–H groups in total. The van der Waals surface area contributed by atoms with Gasteiger partial charge >= 0.3 is 0 Å². The highest BCUT2D eigenvalue weighted by Gasteiger charge is 2.31. The average Bonchev–Trinajstić information content (AvgIpc) is 2.56. The molecule has 0 fully saturated rings. The molecule has 4 heteroatoms. The molecule has 0 spiro atoms. The van der Waals surface area contributed by atoms with Crippen molar-refractivity contribution < 1.29 is 9.59 Å². The number of pyridine rings is 1. The van der Waals surface area contributed by atoms with Crippen LogP contribution in [-0.4, -0.2) is 16.7 Å². The van der Waals surface area contributed by atoms with Crippen LogP contribution in [0.1, 0.15) is 42.1 Å². The molecule has 0 aromatic carbocycles. The third kappa shape index (κ3) is 1.83. The largest absolute Gasteiger partial charge is 0.303 e. The standard InChI is InChI=1S/C12H14N2O2/c1-2-3-4-5-8-6-7-13-11-9(8)10(15)12(16)14-11/h6-7H,2-5H2,1H3,(H,13,14,15,16). The zero-order valence-electron chi connectivity index (χ0n) is 9.25. The summed E-state index contributed by atoms with van der Waals surface area (Å²) in [6, 6.07) is 1.83. The summed E-state index contributed by atoms with van der Waals surface area (Å²) in [5.74, 6) is -0.593. The zero-order valence-corrected chi connectivity index (χ0v) is 9.25. The number of Topliss-reactive ketones (excluding diaryl/α,β-unsaturated/α-hetero) is 1. The van der Waals surface area contributed by atoms with Gasteiger partial charge in [0.1, 0.15) is 5.82 Å². The van der Waals surface area contributed by atoms with Crippen LogP contribution in [0.5, 0.6) is 0 Å². The minimum atomic E-state index is -0.564. The Morgan fingerprint density at radius 1 is 1.31 bits per heavy atom. The smallest absolute Gasteiger partial charge is 0.298 e. The molecule has 1 aromatic heterocycles. The maximum Gasteiger partial charge on any atom is 0.298 e. The molecular formula is C12H14N2O2. The number of fused-ring (bicyclic) bond motifs is 1. The molecule has 2 heterocycles.